The zero-order chi connectivity index (χ0) is 12.5. The number of hydrogen-bond donors (Lipinski definition) is 2. The maximum absolute atomic E-state index is 13.7. The summed E-state index contributed by atoms with van der Waals surface area (Å²) in [6.45, 7) is 1.33. The van der Waals surface area contributed by atoms with Gasteiger partial charge in [-0.1, -0.05) is 12.1 Å². The molecule has 0 radical (unpaired) electrons. The Labute approximate surface area is 103 Å². The van der Waals surface area contributed by atoms with Crippen molar-refractivity contribution in [2.45, 2.75) is 13.0 Å². The molecule has 2 aromatic rings. The van der Waals surface area contributed by atoms with Gasteiger partial charge in [0.05, 0.1) is 11.3 Å². The number of nitrogens with one attached hydrogen (secondary N) is 2. The highest BCUT2D eigenvalue weighted by Crippen LogP contribution is 2.19. The minimum Gasteiger partial charge on any atom is -0.311 e. The number of H-pyrrole nitrogens is 1. The van der Waals surface area contributed by atoms with E-state index >= 15 is 0 Å². The molecule has 0 aliphatic carbocycles. The molecular formula is C13H12FN3O. The molecule has 18 heavy (non-hydrogen) atoms. The van der Waals surface area contributed by atoms with E-state index in [1.807, 2.05) is 0 Å². The van der Waals surface area contributed by atoms with Crippen molar-refractivity contribution in [1.29, 1.82) is 0 Å². The lowest BCUT2D eigenvalue weighted by atomic mass is 10.1. The van der Waals surface area contributed by atoms with Crippen LogP contribution in [0.5, 0.6) is 0 Å². The lowest BCUT2D eigenvalue weighted by Crippen LogP contribution is -2.31. The molecule has 1 aliphatic rings. The molecule has 1 aliphatic heterocycles. The van der Waals surface area contributed by atoms with E-state index in [0.29, 0.717) is 35.6 Å². The number of rotatable bonds is 1. The highest BCUT2D eigenvalue weighted by molar-refractivity contribution is 5.55. The van der Waals surface area contributed by atoms with Crippen LogP contribution < -0.4 is 10.9 Å². The van der Waals surface area contributed by atoms with Crippen LogP contribution in [0.3, 0.4) is 0 Å². The summed E-state index contributed by atoms with van der Waals surface area (Å²) in [7, 11) is 0. The van der Waals surface area contributed by atoms with Crippen molar-refractivity contribution < 1.29 is 4.39 Å². The molecule has 2 heterocycles. The fraction of sp³-hybridized carbons (Fsp3) is 0.231. The minimum absolute atomic E-state index is 0.167. The van der Waals surface area contributed by atoms with Gasteiger partial charge in [-0.15, -0.1) is 0 Å². The number of halogens is 1. The summed E-state index contributed by atoms with van der Waals surface area (Å²) < 4.78 is 13.7. The Bertz CT molecular complexity index is 651. The molecular weight excluding hydrogens is 233 g/mol. The fourth-order valence-electron chi connectivity index (χ4n) is 2.15. The first kappa shape index (κ1) is 11.1. The van der Waals surface area contributed by atoms with Crippen molar-refractivity contribution in [3.63, 3.8) is 0 Å². The quantitative estimate of drug-likeness (QED) is 0.794. The number of aromatic nitrogens is 2. The molecule has 0 unspecified atom stereocenters. The number of hydrogen-bond acceptors (Lipinski definition) is 3. The number of aromatic amines is 1. The van der Waals surface area contributed by atoms with Gasteiger partial charge in [-0.3, -0.25) is 4.79 Å². The van der Waals surface area contributed by atoms with Gasteiger partial charge < -0.3 is 10.3 Å². The van der Waals surface area contributed by atoms with Crippen molar-refractivity contribution in [3.8, 4) is 11.4 Å². The second-order valence-corrected chi connectivity index (χ2v) is 4.25. The monoisotopic (exact) mass is 245 g/mol. The van der Waals surface area contributed by atoms with Crippen LogP contribution >= 0.6 is 0 Å². The van der Waals surface area contributed by atoms with Crippen molar-refractivity contribution in [1.82, 2.24) is 15.3 Å². The summed E-state index contributed by atoms with van der Waals surface area (Å²) in [6, 6.07) is 6.29. The average Bonchev–Trinajstić information content (AvgIpc) is 2.39. The predicted octanol–water partition coefficient (Wildman–Crippen LogP) is 1.22. The molecule has 1 aromatic carbocycles. The summed E-state index contributed by atoms with van der Waals surface area (Å²) in [5, 5.41) is 3.15. The molecule has 92 valence electrons. The molecule has 0 saturated heterocycles. The summed E-state index contributed by atoms with van der Waals surface area (Å²) in [5.41, 5.74) is 1.57. The summed E-state index contributed by atoms with van der Waals surface area (Å²) in [4.78, 5) is 18.9. The molecule has 0 spiro atoms. The highest BCUT2D eigenvalue weighted by Gasteiger charge is 2.16. The summed E-state index contributed by atoms with van der Waals surface area (Å²) in [5.74, 6) is -0.0927. The Morgan fingerprint density at radius 3 is 2.94 bits per heavy atom. The molecule has 3 rings (SSSR count). The Morgan fingerprint density at radius 2 is 2.11 bits per heavy atom. The average molecular weight is 245 g/mol. The molecule has 4 nitrogen and oxygen atoms in total. The van der Waals surface area contributed by atoms with E-state index in [1.165, 1.54) is 6.07 Å². The Balaban J connectivity index is 2.17. The summed E-state index contributed by atoms with van der Waals surface area (Å²) >= 11 is 0. The van der Waals surface area contributed by atoms with Crippen LogP contribution in [0, 0.1) is 5.82 Å². The molecule has 2 N–H and O–H groups in total. The molecule has 0 amide bonds. The van der Waals surface area contributed by atoms with Gasteiger partial charge in [-0.25, -0.2) is 9.37 Å². The standard InChI is InChI=1S/C13H12FN3O/c14-10-4-2-1-3-8(10)12-16-11-7-15-6-5-9(11)13(18)17-12/h1-4,15H,5-7H2,(H,16,17,18). The molecule has 0 atom stereocenters. The van der Waals surface area contributed by atoms with Crippen LogP contribution in [0.4, 0.5) is 4.39 Å². The SMILES string of the molecule is O=c1[nH]c(-c2ccccc2F)nc2c1CCNC2. The molecule has 1 aromatic heterocycles. The van der Waals surface area contributed by atoms with Crippen molar-refractivity contribution in [2.24, 2.45) is 0 Å². The predicted molar refractivity (Wildman–Crippen MR) is 65.7 cm³/mol. The highest BCUT2D eigenvalue weighted by atomic mass is 19.1. The normalized spacial score (nSPS) is 14.3. The van der Waals surface area contributed by atoms with Gasteiger partial charge in [0.1, 0.15) is 11.6 Å². The van der Waals surface area contributed by atoms with Gasteiger partial charge >= 0.3 is 0 Å². The third-order valence-electron chi connectivity index (χ3n) is 3.07. The zero-order valence-corrected chi connectivity index (χ0v) is 9.66. The Morgan fingerprint density at radius 1 is 1.28 bits per heavy atom. The van der Waals surface area contributed by atoms with E-state index in [1.54, 1.807) is 18.2 Å². The van der Waals surface area contributed by atoms with Gasteiger partial charge in [0.15, 0.2) is 0 Å². The van der Waals surface area contributed by atoms with Gasteiger partial charge in [0, 0.05) is 12.1 Å². The van der Waals surface area contributed by atoms with Crippen LogP contribution in [0.25, 0.3) is 11.4 Å². The van der Waals surface area contributed by atoms with E-state index in [4.69, 9.17) is 0 Å². The topological polar surface area (TPSA) is 57.8 Å². The second kappa shape index (κ2) is 4.34. The smallest absolute Gasteiger partial charge is 0.254 e. The van der Waals surface area contributed by atoms with E-state index in [2.05, 4.69) is 15.3 Å². The molecule has 5 heteroatoms. The van der Waals surface area contributed by atoms with Crippen LogP contribution in [0.1, 0.15) is 11.3 Å². The first-order chi connectivity index (χ1) is 8.75. The van der Waals surface area contributed by atoms with Gasteiger partial charge in [0.2, 0.25) is 0 Å². The Kier molecular flexibility index (Phi) is 2.68. The van der Waals surface area contributed by atoms with Crippen molar-refractivity contribution in [2.75, 3.05) is 6.54 Å². The van der Waals surface area contributed by atoms with Crippen LogP contribution in [-0.2, 0) is 13.0 Å². The largest absolute Gasteiger partial charge is 0.311 e. The van der Waals surface area contributed by atoms with E-state index in [9.17, 15) is 9.18 Å². The first-order valence-corrected chi connectivity index (χ1v) is 5.83. The van der Waals surface area contributed by atoms with Gasteiger partial charge in [-0.05, 0) is 25.1 Å². The van der Waals surface area contributed by atoms with Gasteiger partial charge in [0.25, 0.3) is 5.56 Å². The van der Waals surface area contributed by atoms with Crippen LogP contribution in [-0.4, -0.2) is 16.5 Å². The fourth-order valence-corrected chi connectivity index (χ4v) is 2.15. The van der Waals surface area contributed by atoms with E-state index in [-0.39, 0.29) is 11.4 Å². The second-order valence-electron chi connectivity index (χ2n) is 4.25. The van der Waals surface area contributed by atoms with Crippen molar-refractivity contribution in [3.05, 3.63) is 51.7 Å². The number of fused-ring (bicyclic) bond motifs is 1. The minimum atomic E-state index is -0.385. The van der Waals surface area contributed by atoms with Crippen molar-refractivity contribution >= 4 is 0 Å². The lowest BCUT2D eigenvalue weighted by Gasteiger charge is -2.16. The zero-order valence-electron chi connectivity index (χ0n) is 9.66. The van der Waals surface area contributed by atoms with Gasteiger partial charge in [-0.2, -0.15) is 0 Å². The lowest BCUT2D eigenvalue weighted by molar-refractivity contribution is 0.614. The maximum Gasteiger partial charge on any atom is 0.254 e. The molecule has 0 bridgehead atoms. The number of nitrogens with zero attached hydrogens (tertiary/aromatic N) is 1. The van der Waals surface area contributed by atoms with E-state index in [0.717, 1.165) is 6.54 Å². The molecule has 0 saturated carbocycles. The Hall–Kier alpha value is -2.01. The third kappa shape index (κ3) is 1.82. The summed E-state index contributed by atoms with van der Waals surface area (Å²) in [6.07, 6.45) is 0.662. The number of benzene rings is 1. The van der Waals surface area contributed by atoms with Crippen LogP contribution in [0.2, 0.25) is 0 Å². The van der Waals surface area contributed by atoms with E-state index < -0.39 is 0 Å². The third-order valence-corrected chi connectivity index (χ3v) is 3.07. The maximum atomic E-state index is 13.7. The van der Waals surface area contributed by atoms with Crippen LogP contribution in [0.15, 0.2) is 29.1 Å². The molecule has 0 fully saturated rings. The first-order valence-electron chi connectivity index (χ1n) is 5.83.